The Balaban J connectivity index is 1.90. The Morgan fingerprint density at radius 1 is 1.35 bits per heavy atom. The highest BCUT2D eigenvalue weighted by molar-refractivity contribution is 7.89. The summed E-state index contributed by atoms with van der Waals surface area (Å²) in [6.07, 6.45) is 2.04. The molecule has 1 heterocycles. The van der Waals surface area contributed by atoms with E-state index in [9.17, 15) is 13.2 Å². The van der Waals surface area contributed by atoms with E-state index < -0.39 is 10.0 Å². The summed E-state index contributed by atoms with van der Waals surface area (Å²) in [5, 5.41) is 3.55. The molecule has 128 valence electrons. The summed E-state index contributed by atoms with van der Waals surface area (Å²) in [6, 6.07) is 7.29. The van der Waals surface area contributed by atoms with Gasteiger partial charge in [-0.3, -0.25) is 4.79 Å². The highest BCUT2D eigenvalue weighted by atomic mass is 35.5. The summed E-state index contributed by atoms with van der Waals surface area (Å²) in [7, 11) is -3.23. The molecule has 1 fully saturated rings. The number of benzene rings is 1. The lowest BCUT2D eigenvalue weighted by Crippen LogP contribution is -2.45. The monoisotopic (exact) mass is 358 g/mol. The summed E-state index contributed by atoms with van der Waals surface area (Å²) in [4.78, 5) is 12.3. The Hall–Kier alpha value is -1.11. The molecule has 23 heavy (non-hydrogen) atoms. The van der Waals surface area contributed by atoms with Crippen molar-refractivity contribution >= 4 is 27.5 Å². The molecule has 0 spiro atoms. The predicted octanol–water partition coefficient (Wildman–Crippen LogP) is 2.41. The lowest BCUT2D eigenvalue weighted by atomic mass is 9.99. The number of carbonyl (C=O) groups is 1. The fourth-order valence-corrected chi connectivity index (χ4v) is 4.45. The molecule has 1 aliphatic rings. The van der Waals surface area contributed by atoms with Crippen LogP contribution in [0.5, 0.6) is 0 Å². The minimum Gasteiger partial charge on any atom is -0.352 e. The smallest absolute Gasteiger partial charge is 0.224 e. The van der Waals surface area contributed by atoms with E-state index in [4.69, 9.17) is 11.6 Å². The summed E-state index contributed by atoms with van der Waals surface area (Å²) < 4.78 is 25.8. The van der Waals surface area contributed by atoms with Crippen molar-refractivity contribution in [2.45, 2.75) is 32.7 Å². The number of nitrogens with zero attached hydrogens (tertiary/aromatic N) is 1. The van der Waals surface area contributed by atoms with Crippen LogP contribution in [-0.4, -0.2) is 37.5 Å². The van der Waals surface area contributed by atoms with Crippen LogP contribution >= 0.6 is 11.6 Å². The molecule has 0 unspecified atom stereocenters. The second kappa shape index (κ2) is 8.13. The maximum atomic E-state index is 12.3. The second-order valence-corrected chi connectivity index (χ2v) is 8.38. The van der Waals surface area contributed by atoms with Gasteiger partial charge in [-0.1, -0.05) is 30.7 Å². The van der Waals surface area contributed by atoms with Gasteiger partial charge in [0.05, 0.1) is 11.7 Å². The number of halogens is 1. The molecule has 0 radical (unpaired) electrons. The fraction of sp³-hybridized carbons (Fsp3) is 0.562. The molecule has 1 N–H and O–H groups in total. The average molecular weight is 359 g/mol. The van der Waals surface area contributed by atoms with Crippen molar-refractivity contribution in [3.63, 3.8) is 0 Å². The van der Waals surface area contributed by atoms with Gasteiger partial charge >= 0.3 is 0 Å². The lowest BCUT2D eigenvalue weighted by Gasteiger charge is -2.31. The van der Waals surface area contributed by atoms with Crippen LogP contribution in [0.25, 0.3) is 0 Å². The first-order valence-electron chi connectivity index (χ1n) is 7.92. The van der Waals surface area contributed by atoms with Crippen molar-refractivity contribution < 1.29 is 13.2 Å². The summed E-state index contributed by atoms with van der Waals surface area (Å²) >= 11 is 5.83. The molecule has 7 heteroatoms. The first kappa shape index (κ1) is 18.2. The largest absolute Gasteiger partial charge is 0.352 e. The molecule has 1 amide bonds. The van der Waals surface area contributed by atoms with Crippen molar-refractivity contribution in [1.82, 2.24) is 9.62 Å². The molecule has 1 saturated heterocycles. The molecule has 0 saturated carbocycles. The summed E-state index contributed by atoms with van der Waals surface area (Å²) in [6.45, 7) is 3.07. The second-order valence-electron chi connectivity index (χ2n) is 5.86. The van der Waals surface area contributed by atoms with Crippen LogP contribution in [0.3, 0.4) is 0 Å². The van der Waals surface area contributed by atoms with Crippen molar-refractivity contribution in [3.05, 3.63) is 34.9 Å². The Morgan fingerprint density at radius 2 is 2.04 bits per heavy atom. The van der Waals surface area contributed by atoms with Gasteiger partial charge in [0.25, 0.3) is 0 Å². The number of sulfonamides is 1. The van der Waals surface area contributed by atoms with Gasteiger partial charge in [0, 0.05) is 24.7 Å². The van der Waals surface area contributed by atoms with E-state index >= 15 is 0 Å². The Morgan fingerprint density at radius 3 is 2.70 bits per heavy atom. The highest BCUT2D eigenvalue weighted by Gasteiger charge is 2.31. The molecule has 5 nitrogen and oxygen atoms in total. The minimum atomic E-state index is -3.23. The quantitative estimate of drug-likeness (QED) is 0.849. The Bertz CT molecular complexity index is 631. The van der Waals surface area contributed by atoms with E-state index in [1.54, 1.807) is 12.1 Å². The van der Waals surface area contributed by atoms with Crippen molar-refractivity contribution in [1.29, 1.82) is 0 Å². The number of piperidine rings is 1. The van der Waals surface area contributed by atoms with Gasteiger partial charge < -0.3 is 5.32 Å². The molecule has 2 rings (SSSR count). The first-order chi connectivity index (χ1) is 10.9. The third-order valence-corrected chi connectivity index (χ3v) is 6.28. The van der Waals surface area contributed by atoms with E-state index in [1.165, 1.54) is 4.31 Å². The molecular formula is C16H23ClN2O3S. The van der Waals surface area contributed by atoms with E-state index in [0.29, 0.717) is 24.5 Å². The number of carbonyl (C=O) groups excluding carboxylic acids is 1. The van der Waals surface area contributed by atoms with Gasteiger partial charge in [0.15, 0.2) is 0 Å². The molecule has 0 aromatic heterocycles. The normalized spacial score (nSPS) is 19.5. The van der Waals surface area contributed by atoms with Crippen LogP contribution in [0, 0.1) is 5.92 Å². The number of rotatable bonds is 6. The molecule has 1 atom stereocenters. The number of hydrogen-bond donors (Lipinski definition) is 1. The van der Waals surface area contributed by atoms with E-state index in [0.717, 1.165) is 18.4 Å². The van der Waals surface area contributed by atoms with Crippen LogP contribution in [0.4, 0.5) is 0 Å². The maximum absolute atomic E-state index is 12.3. The molecule has 1 aliphatic heterocycles. The maximum Gasteiger partial charge on any atom is 0.224 e. The minimum absolute atomic E-state index is 0.0867. The van der Waals surface area contributed by atoms with E-state index in [2.05, 4.69) is 5.32 Å². The predicted molar refractivity (Wildman–Crippen MR) is 91.7 cm³/mol. The van der Waals surface area contributed by atoms with Crippen LogP contribution in [0.1, 0.15) is 31.7 Å². The third-order valence-electron chi connectivity index (χ3n) is 3.99. The van der Waals surface area contributed by atoms with Gasteiger partial charge in [-0.2, -0.15) is 0 Å². The van der Waals surface area contributed by atoms with Crippen molar-refractivity contribution in [2.75, 3.05) is 18.8 Å². The highest BCUT2D eigenvalue weighted by Crippen LogP contribution is 2.20. The fourth-order valence-electron chi connectivity index (χ4n) is 2.73. The zero-order valence-electron chi connectivity index (χ0n) is 13.3. The van der Waals surface area contributed by atoms with Gasteiger partial charge in [0.1, 0.15) is 0 Å². The van der Waals surface area contributed by atoms with Crippen molar-refractivity contribution in [3.8, 4) is 0 Å². The van der Waals surface area contributed by atoms with Crippen LogP contribution in [0.15, 0.2) is 24.3 Å². The standard InChI is InChI=1S/C16H23ClN2O3S/c1-2-10-23(21,22)19-9-3-4-14(12-19)16(20)18-11-13-5-7-15(17)8-6-13/h5-8,14H,2-4,9-12H2,1H3,(H,18,20)/t14-/m0/s1. The number of hydrogen-bond acceptors (Lipinski definition) is 3. The molecule has 1 aromatic carbocycles. The zero-order valence-corrected chi connectivity index (χ0v) is 14.9. The number of nitrogens with one attached hydrogen (secondary N) is 1. The molecular weight excluding hydrogens is 336 g/mol. The van der Waals surface area contributed by atoms with E-state index in [-0.39, 0.29) is 24.1 Å². The van der Waals surface area contributed by atoms with Gasteiger partial charge in [-0.25, -0.2) is 12.7 Å². The Labute approximate surface area is 143 Å². The first-order valence-corrected chi connectivity index (χ1v) is 9.91. The SMILES string of the molecule is CCCS(=O)(=O)N1CCC[C@H](C(=O)NCc2ccc(Cl)cc2)C1. The van der Waals surface area contributed by atoms with Gasteiger partial charge in [0.2, 0.25) is 15.9 Å². The third kappa shape index (κ3) is 5.19. The van der Waals surface area contributed by atoms with Crippen LogP contribution in [0.2, 0.25) is 5.02 Å². The Kier molecular flexibility index (Phi) is 6.44. The zero-order chi connectivity index (χ0) is 16.9. The summed E-state index contributed by atoms with van der Waals surface area (Å²) in [5.74, 6) is -0.217. The van der Waals surface area contributed by atoms with Gasteiger partial charge in [-0.05, 0) is 37.0 Å². The van der Waals surface area contributed by atoms with Crippen LogP contribution in [-0.2, 0) is 21.4 Å². The van der Waals surface area contributed by atoms with Crippen molar-refractivity contribution in [2.24, 2.45) is 5.92 Å². The van der Waals surface area contributed by atoms with Crippen LogP contribution < -0.4 is 5.32 Å². The number of amides is 1. The average Bonchev–Trinajstić information content (AvgIpc) is 2.54. The topological polar surface area (TPSA) is 66.5 Å². The summed E-state index contributed by atoms with van der Waals surface area (Å²) in [5.41, 5.74) is 0.967. The van der Waals surface area contributed by atoms with Gasteiger partial charge in [-0.15, -0.1) is 0 Å². The molecule has 0 bridgehead atoms. The lowest BCUT2D eigenvalue weighted by molar-refractivity contribution is -0.126. The molecule has 1 aromatic rings. The molecule has 0 aliphatic carbocycles. The van der Waals surface area contributed by atoms with E-state index in [1.807, 2.05) is 19.1 Å².